The van der Waals surface area contributed by atoms with Crippen LogP contribution in [0, 0.1) is 10.5 Å². The lowest BCUT2D eigenvalue weighted by Crippen LogP contribution is -2.27. The number of carbonyl (C=O) groups is 1. The highest BCUT2D eigenvalue weighted by Crippen LogP contribution is 2.17. The summed E-state index contributed by atoms with van der Waals surface area (Å²) < 4.78 is 1.18. The van der Waals surface area contributed by atoms with Gasteiger partial charge < -0.3 is 5.32 Å². The first-order valence-electron chi connectivity index (χ1n) is 7.51. The molecule has 0 fully saturated rings. The topological polar surface area (TPSA) is 53.5 Å². The molecular weight excluding hydrogens is 401 g/mol. The van der Waals surface area contributed by atoms with Gasteiger partial charge >= 0.3 is 0 Å². The Kier molecular flexibility index (Phi) is 6.58. The van der Waals surface area contributed by atoms with Crippen LogP contribution in [-0.2, 0) is 4.79 Å². The summed E-state index contributed by atoms with van der Waals surface area (Å²) in [5, 5.41) is 7.37. The molecule has 0 unspecified atom stereocenters. The maximum Gasteiger partial charge on any atom is 0.259 e. The number of amides is 1. The Morgan fingerprint density at radius 1 is 1.17 bits per heavy atom. The SMILES string of the molecule is CCC(=NNC(=O)CNc1ccc(I)cc1C)c1ccccc1. The van der Waals surface area contributed by atoms with Gasteiger partial charge in [-0.3, -0.25) is 4.79 Å². The van der Waals surface area contributed by atoms with Gasteiger partial charge in [-0.2, -0.15) is 5.10 Å². The highest BCUT2D eigenvalue weighted by molar-refractivity contribution is 14.1. The Hall–Kier alpha value is -1.89. The minimum absolute atomic E-state index is 0.162. The number of benzene rings is 2. The molecule has 0 saturated carbocycles. The monoisotopic (exact) mass is 421 g/mol. The molecule has 120 valence electrons. The fraction of sp³-hybridized carbons (Fsp3) is 0.222. The standard InChI is InChI=1S/C18H20IN3O/c1-3-16(14-7-5-4-6-8-14)21-22-18(23)12-20-17-10-9-15(19)11-13(17)2/h4-11,20H,3,12H2,1-2H3,(H,22,23). The van der Waals surface area contributed by atoms with Gasteiger partial charge in [0, 0.05) is 9.26 Å². The van der Waals surface area contributed by atoms with E-state index < -0.39 is 0 Å². The van der Waals surface area contributed by atoms with Crippen molar-refractivity contribution in [2.24, 2.45) is 5.10 Å². The van der Waals surface area contributed by atoms with E-state index in [1.165, 1.54) is 3.57 Å². The predicted molar refractivity (Wildman–Crippen MR) is 104 cm³/mol. The Labute approximate surface area is 150 Å². The number of halogens is 1. The molecule has 0 aliphatic carbocycles. The number of hydrogen-bond acceptors (Lipinski definition) is 3. The largest absolute Gasteiger partial charge is 0.376 e. The second kappa shape index (κ2) is 8.67. The molecule has 2 rings (SSSR count). The molecule has 4 nitrogen and oxygen atoms in total. The van der Waals surface area contributed by atoms with Crippen LogP contribution in [0.3, 0.4) is 0 Å². The number of nitrogens with one attached hydrogen (secondary N) is 2. The van der Waals surface area contributed by atoms with Crippen molar-refractivity contribution in [3.05, 3.63) is 63.2 Å². The van der Waals surface area contributed by atoms with Crippen LogP contribution in [0.4, 0.5) is 5.69 Å². The van der Waals surface area contributed by atoms with Crippen LogP contribution in [-0.4, -0.2) is 18.2 Å². The number of hydrazone groups is 1. The Balaban J connectivity index is 1.92. The normalized spacial score (nSPS) is 11.2. The molecule has 2 aromatic rings. The number of carbonyl (C=O) groups excluding carboxylic acids is 1. The summed E-state index contributed by atoms with van der Waals surface area (Å²) in [7, 11) is 0. The smallest absolute Gasteiger partial charge is 0.259 e. The van der Waals surface area contributed by atoms with Crippen LogP contribution < -0.4 is 10.7 Å². The molecule has 0 aromatic heterocycles. The van der Waals surface area contributed by atoms with Crippen LogP contribution in [0.25, 0.3) is 0 Å². The van der Waals surface area contributed by atoms with Crippen LogP contribution in [0.5, 0.6) is 0 Å². The average molecular weight is 421 g/mol. The molecule has 2 N–H and O–H groups in total. The third-order valence-electron chi connectivity index (χ3n) is 3.39. The van der Waals surface area contributed by atoms with Gasteiger partial charge in [0.25, 0.3) is 5.91 Å². The van der Waals surface area contributed by atoms with E-state index in [1.54, 1.807) is 0 Å². The summed E-state index contributed by atoms with van der Waals surface area (Å²) in [6.45, 7) is 4.23. The molecule has 2 aromatic carbocycles. The first-order valence-corrected chi connectivity index (χ1v) is 8.59. The summed E-state index contributed by atoms with van der Waals surface area (Å²) in [5.74, 6) is -0.162. The summed E-state index contributed by atoms with van der Waals surface area (Å²) in [6.07, 6.45) is 0.758. The predicted octanol–water partition coefficient (Wildman–Crippen LogP) is 3.94. The Morgan fingerprint density at radius 3 is 2.57 bits per heavy atom. The third-order valence-corrected chi connectivity index (χ3v) is 4.06. The van der Waals surface area contributed by atoms with Gasteiger partial charge in [-0.15, -0.1) is 0 Å². The first-order chi connectivity index (χ1) is 11.1. The van der Waals surface area contributed by atoms with Crippen molar-refractivity contribution >= 4 is 39.9 Å². The lowest BCUT2D eigenvalue weighted by molar-refractivity contribution is -0.119. The number of rotatable bonds is 6. The first kappa shape index (κ1) is 17.5. The molecule has 0 saturated heterocycles. The van der Waals surface area contributed by atoms with E-state index in [1.807, 2.05) is 56.3 Å². The quantitative estimate of drug-likeness (QED) is 0.422. The maximum atomic E-state index is 12.0. The molecule has 1 amide bonds. The minimum atomic E-state index is -0.162. The summed E-state index contributed by atoms with van der Waals surface area (Å²) >= 11 is 2.27. The van der Waals surface area contributed by atoms with E-state index in [9.17, 15) is 4.79 Å². The van der Waals surface area contributed by atoms with Crippen molar-refractivity contribution in [2.75, 3.05) is 11.9 Å². The van der Waals surface area contributed by atoms with Gasteiger partial charge in [-0.05, 0) is 65.3 Å². The molecule has 23 heavy (non-hydrogen) atoms. The van der Waals surface area contributed by atoms with Gasteiger partial charge in [0.1, 0.15) is 0 Å². The van der Waals surface area contributed by atoms with Gasteiger partial charge in [0.2, 0.25) is 0 Å². The molecule has 0 aliphatic heterocycles. The summed E-state index contributed by atoms with van der Waals surface area (Å²) in [6, 6.07) is 15.9. The maximum absolute atomic E-state index is 12.0. The molecular formula is C18H20IN3O. The van der Waals surface area contributed by atoms with Crippen molar-refractivity contribution in [3.63, 3.8) is 0 Å². The highest BCUT2D eigenvalue weighted by Gasteiger charge is 2.04. The molecule has 0 heterocycles. The highest BCUT2D eigenvalue weighted by atomic mass is 127. The lowest BCUT2D eigenvalue weighted by atomic mass is 10.1. The van der Waals surface area contributed by atoms with Gasteiger partial charge in [0.15, 0.2) is 0 Å². The van der Waals surface area contributed by atoms with E-state index in [0.717, 1.165) is 28.9 Å². The zero-order valence-electron chi connectivity index (χ0n) is 13.3. The molecule has 0 bridgehead atoms. The second-order valence-corrected chi connectivity index (χ2v) is 6.37. The van der Waals surface area contributed by atoms with Crippen LogP contribution in [0.1, 0.15) is 24.5 Å². The molecule has 5 heteroatoms. The zero-order chi connectivity index (χ0) is 16.7. The third kappa shape index (κ3) is 5.35. The number of hydrogen-bond donors (Lipinski definition) is 2. The molecule has 0 aliphatic rings. The van der Waals surface area contributed by atoms with Crippen molar-refractivity contribution in [3.8, 4) is 0 Å². The summed E-state index contributed by atoms with van der Waals surface area (Å²) in [4.78, 5) is 12.0. The van der Waals surface area contributed by atoms with E-state index in [0.29, 0.717) is 0 Å². The van der Waals surface area contributed by atoms with Crippen LogP contribution in [0.2, 0.25) is 0 Å². The van der Waals surface area contributed by atoms with Gasteiger partial charge in [-0.1, -0.05) is 37.3 Å². The van der Waals surface area contributed by atoms with E-state index >= 15 is 0 Å². The van der Waals surface area contributed by atoms with Crippen molar-refractivity contribution in [2.45, 2.75) is 20.3 Å². The van der Waals surface area contributed by atoms with Gasteiger partial charge in [-0.25, -0.2) is 5.43 Å². The van der Waals surface area contributed by atoms with Crippen molar-refractivity contribution in [1.29, 1.82) is 0 Å². The lowest BCUT2D eigenvalue weighted by Gasteiger charge is -2.09. The number of anilines is 1. The van der Waals surface area contributed by atoms with E-state index in [-0.39, 0.29) is 12.5 Å². The van der Waals surface area contributed by atoms with Crippen molar-refractivity contribution in [1.82, 2.24) is 5.43 Å². The zero-order valence-corrected chi connectivity index (χ0v) is 15.4. The average Bonchev–Trinajstić information content (AvgIpc) is 2.55. The van der Waals surface area contributed by atoms with E-state index in [2.05, 4.69) is 44.5 Å². The van der Waals surface area contributed by atoms with Gasteiger partial charge in [0.05, 0.1) is 12.3 Å². The fourth-order valence-electron chi connectivity index (χ4n) is 2.15. The van der Waals surface area contributed by atoms with Crippen LogP contribution in [0.15, 0.2) is 53.6 Å². The molecule has 0 spiro atoms. The molecule has 0 atom stereocenters. The van der Waals surface area contributed by atoms with Crippen molar-refractivity contribution < 1.29 is 4.79 Å². The fourth-order valence-corrected chi connectivity index (χ4v) is 2.80. The summed E-state index contributed by atoms with van der Waals surface area (Å²) in [5.41, 5.74) is 6.59. The molecule has 0 radical (unpaired) electrons. The number of nitrogens with zero attached hydrogens (tertiary/aromatic N) is 1. The number of aryl methyl sites for hydroxylation is 1. The van der Waals surface area contributed by atoms with Crippen LogP contribution >= 0.6 is 22.6 Å². The van der Waals surface area contributed by atoms with E-state index in [4.69, 9.17) is 0 Å². The Morgan fingerprint density at radius 2 is 1.91 bits per heavy atom. The minimum Gasteiger partial charge on any atom is -0.376 e. The Bertz CT molecular complexity index is 699. The second-order valence-electron chi connectivity index (χ2n) is 5.13.